The molecular formula is C22H15N5O2. The van der Waals surface area contributed by atoms with Crippen molar-refractivity contribution in [1.29, 1.82) is 0 Å². The maximum absolute atomic E-state index is 13.0. The predicted octanol–water partition coefficient (Wildman–Crippen LogP) is 2.54. The summed E-state index contributed by atoms with van der Waals surface area (Å²) in [4.78, 5) is 38.7. The molecule has 0 bridgehead atoms. The van der Waals surface area contributed by atoms with Crippen LogP contribution >= 0.6 is 0 Å². The molecule has 7 nitrogen and oxygen atoms in total. The second kappa shape index (κ2) is 6.79. The maximum Gasteiger partial charge on any atom is 0.264 e. The molecule has 0 radical (unpaired) electrons. The lowest BCUT2D eigenvalue weighted by Gasteiger charge is -2.09. The van der Waals surface area contributed by atoms with Gasteiger partial charge in [0.15, 0.2) is 0 Å². The van der Waals surface area contributed by atoms with E-state index in [-0.39, 0.29) is 11.1 Å². The van der Waals surface area contributed by atoms with Crippen LogP contribution in [-0.4, -0.2) is 24.1 Å². The zero-order valence-corrected chi connectivity index (χ0v) is 15.3. The lowest BCUT2D eigenvalue weighted by molar-refractivity contribution is 0.764. The molecule has 7 heteroatoms. The van der Waals surface area contributed by atoms with Gasteiger partial charge in [0.05, 0.1) is 40.2 Å². The first-order valence-corrected chi connectivity index (χ1v) is 9.05. The highest BCUT2D eigenvalue weighted by Crippen LogP contribution is 2.16. The molecule has 5 aromatic heterocycles. The van der Waals surface area contributed by atoms with E-state index < -0.39 is 0 Å². The third-order valence-corrected chi connectivity index (χ3v) is 4.82. The van der Waals surface area contributed by atoms with Crippen LogP contribution in [0.5, 0.6) is 0 Å². The van der Waals surface area contributed by atoms with E-state index in [9.17, 15) is 9.59 Å². The number of pyridine rings is 5. The van der Waals surface area contributed by atoms with Crippen LogP contribution in [0, 0.1) is 0 Å². The highest BCUT2D eigenvalue weighted by atomic mass is 16.1. The molecule has 0 aliphatic heterocycles. The van der Waals surface area contributed by atoms with Crippen molar-refractivity contribution in [3.05, 3.63) is 106 Å². The molecule has 29 heavy (non-hydrogen) atoms. The van der Waals surface area contributed by atoms with Crippen molar-refractivity contribution in [3.8, 4) is 5.69 Å². The quantitative estimate of drug-likeness (QED) is 0.449. The third-order valence-electron chi connectivity index (χ3n) is 4.82. The highest BCUT2D eigenvalue weighted by Gasteiger charge is 2.11. The summed E-state index contributed by atoms with van der Waals surface area (Å²) >= 11 is 0. The molecule has 5 heterocycles. The summed E-state index contributed by atoms with van der Waals surface area (Å²) in [6.07, 6.45) is 10.1. The molecule has 0 N–H and O–H groups in total. The van der Waals surface area contributed by atoms with Crippen molar-refractivity contribution in [2.45, 2.75) is 6.54 Å². The number of nitrogens with zero attached hydrogens (tertiary/aromatic N) is 5. The first kappa shape index (κ1) is 17.0. The van der Waals surface area contributed by atoms with Crippen molar-refractivity contribution in [2.75, 3.05) is 0 Å². The second-order valence-corrected chi connectivity index (χ2v) is 6.67. The summed E-state index contributed by atoms with van der Waals surface area (Å²) in [5.74, 6) is 0. The van der Waals surface area contributed by atoms with Crippen molar-refractivity contribution >= 4 is 21.8 Å². The average molecular weight is 381 g/mol. The normalized spacial score (nSPS) is 11.2. The molecule has 0 unspecified atom stereocenters. The van der Waals surface area contributed by atoms with Gasteiger partial charge >= 0.3 is 0 Å². The van der Waals surface area contributed by atoms with Crippen LogP contribution in [0.1, 0.15) is 5.56 Å². The van der Waals surface area contributed by atoms with E-state index >= 15 is 0 Å². The topological polar surface area (TPSA) is 82.7 Å². The Balaban J connectivity index is 1.70. The largest absolute Gasteiger partial charge is 0.310 e. The van der Waals surface area contributed by atoms with E-state index in [4.69, 9.17) is 0 Å². The van der Waals surface area contributed by atoms with Crippen molar-refractivity contribution in [2.24, 2.45) is 0 Å². The van der Waals surface area contributed by atoms with Crippen LogP contribution in [0.4, 0.5) is 0 Å². The number of hydrogen-bond acceptors (Lipinski definition) is 5. The summed E-state index contributed by atoms with van der Waals surface area (Å²) in [5, 5.41) is 0.796. The third kappa shape index (κ3) is 2.98. The van der Waals surface area contributed by atoms with Gasteiger partial charge < -0.3 is 4.57 Å². The molecular weight excluding hydrogens is 366 g/mol. The van der Waals surface area contributed by atoms with E-state index in [1.165, 1.54) is 4.57 Å². The van der Waals surface area contributed by atoms with Crippen molar-refractivity contribution in [3.63, 3.8) is 0 Å². The Labute approximate surface area is 164 Å². The molecule has 0 spiro atoms. The minimum Gasteiger partial charge on any atom is -0.310 e. The number of aromatic nitrogens is 5. The number of fused-ring (bicyclic) bond motifs is 2. The Bertz CT molecular complexity index is 1460. The fourth-order valence-corrected chi connectivity index (χ4v) is 3.38. The minimum absolute atomic E-state index is 0.197. The van der Waals surface area contributed by atoms with Crippen LogP contribution < -0.4 is 11.1 Å². The van der Waals surface area contributed by atoms with Crippen molar-refractivity contribution < 1.29 is 0 Å². The van der Waals surface area contributed by atoms with E-state index in [0.717, 1.165) is 5.56 Å². The zero-order chi connectivity index (χ0) is 19.8. The molecule has 0 aliphatic carbocycles. The van der Waals surface area contributed by atoms with E-state index in [1.54, 1.807) is 72.1 Å². The van der Waals surface area contributed by atoms with Crippen molar-refractivity contribution in [1.82, 2.24) is 24.1 Å². The Morgan fingerprint density at radius 2 is 1.52 bits per heavy atom. The molecule has 5 rings (SSSR count). The first-order chi connectivity index (χ1) is 14.2. The van der Waals surface area contributed by atoms with E-state index in [0.29, 0.717) is 34.0 Å². The van der Waals surface area contributed by atoms with Gasteiger partial charge in [0.1, 0.15) is 0 Å². The molecule has 0 saturated heterocycles. The summed E-state index contributed by atoms with van der Waals surface area (Å²) in [5.41, 5.74) is 2.24. The van der Waals surface area contributed by atoms with E-state index in [1.807, 2.05) is 12.1 Å². The van der Waals surface area contributed by atoms with E-state index in [2.05, 4.69) is 15.0 Å². The lowest BCUT2D eigenvalue weighted by Crippen LogP contribution is -2.22. The Morgan fingerprint density at radius 1 is 0.793 bits per heavy atom. The number of rotatable bonds is 3. The molecule has 0 aliphatic rings. The van der Waals surface area contributed by atoms with Gasteiger partial charge in [-0.1, -0.05) is 6.07 Å². The Morgan fingerprint density at radius 3 is 2.24 bits per heavy atom. The van der Waals surface area contributed by atoms with Gasteiger partial charge in [0, 0.05) is 31.0 Å². The SMILES string of the molecule is O=c1c2cc3c(=O)n(-c4cccnc4)ccc3nc2ccn1Cc1cccnc1. The van der Waals surface area contributed by atoms with Gasteiger partial charge in [0.25, 0.3) is 11.1 Å². The monoisotopic (exact) mass is 381 g/mol. The van der Waals surface area contributed by atoms with Gasteiger partial charge in [-0.2, -0.15) is 0 Å². The summed E-state index contributed by atoms with van der Waals surface area (Å²) in [7, 11) is 0. The van der Waals surface area contributed by atoms with Crippen LogP contribution in [0.15, 0.2) is 89.2 Å². The maximum atomic E-state index is 13.0. The predicted molar refractivity (Wildman–Crippen MR) is 110 cm³/mol. The van der Waals surface area contributed by atoms with Gasteiger partial charge in [-0.3, -0.25) is 24.1 Å². The average Bonchev–Trinajstić information content (AvgIpc) is 2.77. The smallest absolute Gasteiger partial charge is 0.264 e. The van der Waals surface area contributed by atoms with Gasteiger partial charge in [-0.05, 0) is 42.0 Å². The molecule has 5 aromatic rings. The summed E-state index contributed by atoms with van der Waals surface area (Å²) < 4.78 is 3.09. The highest BCUT2D eigenvalue weighted by molar-refractivity contribution is 5.91. The van der Waals surface area contributed by atoms with Crippen LogP contribution in [-0.2, 0) is 6.54 Å². The molecule has 140 valence electrons. The minimum atomic E-state index is -0.244. The van der Waals surface area contributed by atoms with Gasteiger partial charge in [-0.25, -0.2) is 4.98 Å². The van der Waals surface area contributed by atoms with Crippen LogP contribution in [0.2, 0.25) is 0 Å². The fraction of sp³-hybridized carbons (Fsp3) is 0.0455. The second-order valence-electron chi connectivity index (χ2n) is 6.67. The molecule has 0 amide bonds. The lowest BCUT2D eigenvalue weighted by atomic mass is 10.2. The van der Waals surface area contributed by atoms with Crippen LogP contribution in [0.3, 0.4) is 0 Å². The molecule has 0 aromatic carbocycles. The molecule has 0 saturated carbocycles. The number of hydrogen-bond donors (Lipinski definition) is 0. The van der Waals surface area contributed by atoms with Gasteiger partial charge in [-0.15, -0.1) is 0 Å². The van der Waals surface area contributed by atoms with Gasteiger partial charge in [0.2, 0.25) is 0 Å². The fourth-order valence-electron chi connectivity index (χ4n) is 3.38. The molecule has 0 fully saturated rings. The summed E-state index contributed by atoms with van der Waals surface area (Å²) in [6.45, 7) is 0.398. The Kier molecular flexibility index (Phi) is 3.98. The standard InChI is InChI=1S/C22H15N5O2/c28-21-17-11-18-20(6-10-27(22(18)29)16-4-2-8-24-13-16)25-19(17)5-9-26(21)14-15-3-1-7-23-12-15/h1-13H,14H2. The first-order valence-electron chi connectivity index (χ1n) is 9.05. The van der Waals surface area contributed by atoms with Crippen LogP contribution in [0.25, 0.3) is 27.5 Å². The molecule has 0 atom stereocenters. The summed E-state index contributed by atoms with van der Waals surface area (Å²) in [6, 6.07) is 12.5. The zero-order valence-electron chi connectivity index (χ0n) is 15.3. The Hall–Kier alpha value is -4.13.